The molecule has 2 heterocycles. The molecule has 29 heavy (non-hydrogen) atoms. The van der Waals surface area contributed by atoms with Crippen LogP contribution in [0, 0.1) is 6.92 Å². The van der Waals surface area contributed by atoms with Gasteiger partial charge in [0.2, 0.25) is 10.0 Å². The Hall–Kier alpha value is -3.25. The van der Waals surface area contributed by atoms with Crippen molar-refractivity contribution in [2.24, 2.45) is 0 Å². The fraction of sp³-hybridized carbons (Fsp3) is 0.294. The number of rotatable bonds is 8. The highest BCUT2D eigenvalue weighted by molar-refractivity contribution is 7.89. The zero-order valence-electron chi connectivity index (χ0n) is 16.3. The molecule has 3 aromatic rings. The smallest absolute Gasteiger partial charge is 0.366 e. The average molecular weight is 424 g/mol. The summed E-state index contributed by atoms with van der Waals surface area (Å²) in [6.45, 7) is 2.15. The first-order valence-electron chi connectivity index (χ1n) is 8.51. The quantitative estimate of drug-likeness (QED) is 0.457. The van der Waals surface area contributed by atoms with Crippen molar-refractivity contribution in [3.05, 3.63) is 41.9 Å². The summed E-state index contributed by atoms with van der Waals surface area (Å²) in [5, 5.41) is 20.3. The first-order chi connectivity index (χ1) is 13.7. The van der Waals surface area contributed by atoms with Gasteiger partial charge in [0.05, 0.1) is 5.69 Å². The highest BCUT2D eigenvalue weighted by atomic mass is 32.2. The fourth-order valence-corrected chi connectivity index (χ4v) is 3.51. The molecular weight excluding hydrogens is 402 g/mol. The molecule has 0 spiro atoms. The Morgan fingerprint density at radius 1 is 1.28 bits per heavy atom. The first-order valence-corrected chi connectivity index (χ1v) is 9.95. The molecule has 12 heteroatoms. The minimum Gasteiger partial charge on any atom is -0.504 e. The minimum absolute atomic E-state index is 0.126. The summed E-state index contributed by atoms with van der Waals surface area (Å²) in [5.41, 5.74) is 0.126. The predicted octanol–water partition coefficient (Wildman–Crippen LogP) is 1.23. The molecule has 0 aliphatic carbocycles. The third kappa shape index (κ3) is 4.12. The maximum atomic E-state index is 12.4. The van der Waals surface area contributed by atoms with Gasteiger partial charge < -0.3 is 19.7 Å². The van der Waals surface area contributed by atoms with E-state index in [9.17, 15) is 13.5 Å². The molecule has 0 bridgehead atoms. The molecule has 0 fully saturated rings. The number of nitrogens with one attached hydrogen (secondary N) is 2. The molecule has 0 radical (unpaired) electrons. The van der Waals surface area contributed by atoms with Crippen molar-refractivity contribution in [2.45, 2.75) is 18.4 Å². The van der Waals surface area contributed by atoms with Crippen molar-refractivity contribution in [1.29, 1.82) is 0 Å². The molecule has 0 saturated heterocycles. The summed E-state index contributed by atoms with van der Waals surface area (Å²) in [6.07, 6.45) is 0. The Balaban J connectivity index is 1.90. The maximum Gasteiger partial charge on any atom is 0.366 e. The zero-order valence-corrected chi connectivity index (χ0v) is 17.1. The summed E-state index contributed by atoms with van der Waals surface area (Å²) >= 11 is 0. The van der Waals surface area contributed by atoms with Gasteiger partial charge in [-0.25, -0.2) is 12.7 Å². The van der Waals surface area contributed by atoms with Crippen LogP contribution >= 0.6 is 0 Å². The lowest BCUT2D eigenvalue weighted by Gasteiger charge is -2.14. The monoisotopic (exact) mass is 424 g/mol. The Bertz CT molecular complexity index is 1110. The number of nitrogens with zero attached hydrogens (tertiary/aromatic N) is 3. The maximum absolute atomic E-state index is 12.4. The van der Waals surface area contributed by atoms with E-state index in [-0.39, 0.29) is 16.4 Å². The lowest BCUT2D eigenvalue weighted by molar-refractivity contribution is -1.01. The molecule has 3 rings (SSSR count). The number of hydrogen-bond donors (Lipinski definition) is 3. The molecular formula is C17H22N5O6S+. The largest absolute Gasteiger partial charge is 0.504 e. The molecule has 0 unspecified atom stereocenters. The van der Waals surface area contributed by atoms with E-state index >= 15 is 0 Å². The number of aromatic hydroxyl groups is 1. The van der Waals surface area contributed by atoms with E-state index in [1.165, 1.54) is 39.4 Å². The average Bonchev–Trinajstić information content (AvgIpc) is 3.26. The molecule has 0 aliphatic rings. The molecule has 2 aromatic heterocycles. The van der Waals surface area contributed by atoms with Crippen LogP contribution in [0.25, 0.3) is 0 Å². The van der Waals surface area contributed by atoms with Crippen LogP contribution in [0.5, 0.6) is 5.75 Å². The standard InChI is InChI=1S/C17H21N5O6S/c1-11-8-9-12(27-11)10-18-17-16(20-28-22(17)26-4)19-13-6-5-7-14(15(13)23)29(24,25)21(2)3/h5-9H,10H2,1-4H3,(H2,18,19,20,23)/p+1. The van der Waals surface area contributed by atoms with Crippen molar-refractivity contribution >= 4 is 27.3 Å². The Morgan fingerprint density at radius 3 is 2.66 bits per heavy atom. The van der Waals surface area contributed by atoms with E-state index in [0.717, 1.165) is 15.0 Å². The second-order valence-electron chi connectivity index (χ2n) is 6.24. The highest BCUT2D eigenvalue weighted by Gasteiger charge is 2.28. The minimum atomic E-state index is -3.83. The lowest BCUT2D eigenvalue weighted by atomic mass is 10.3. The highest BCUT2D eigenvalue weighted by Crippen LogP contribution is 2.34. The zero-order chi connectivity index (χ0) is 21.2. The van der Waals surface area contributed by atoms with Crippen LogP contribution in [0.3, 0.4) is 0 Å². The van der Waals surface area contributed by atoms with Crippen LogP contribution in [0.15, 0.2) is 44.3 Å². The van der Waals surface area contributed by atoms with E-state index in [1.807, 2.05) is 19.1 Å². The van der Waals surface area contributed by atoms with Crippen molar-refractivity contribution < 1.29 is 32.3 Å². The summed E-state index contributed by atoms with van der Waals surface area (Å²) < 4.78 is 36.4. The van der Waals surface area contributed by atoms with Crippen molar-refractivity contribution in [3.63, 3.8) is 0 Å². The number of furan rings is 1. The first kappa shape index (κ1) is 20.5. The number of aromatic nitrogens is 2. The molecule has 0 saturated carbocycles. The number of sulfonamides is 1. The molecule has 156 valence electrons. The number of benzene rings is 1. The SMILES string of the molecule is CO[n+]1onc(Nc2cccc(S(=O)(=O)N(C)C)c2O)c1NCc1ccc(C)o1. The number of phenols is 1. The van der Waals surface area contributed by atoms with Crippen LogP contribution in [-0.4, -0.2) is 44.2 Å². The van der Waals surface area contributed by atoms with Crippen molar-refractivity contribution in [1.82, 2.24) is 9.46 Å². The van der Waals surface area contributed by atoms with E-state index in [0.29, 0.717) is 18.1 Å². The molecule has 3 N–H and O–H groups in total. The summed E-state index contributed by atoms with van der Waals surface area (Å²) in [5.74, 6) is 1.49. The van der Waals surface area contributed by atoms with Gasteiger partial charge in [-0.05, 0) is 31.2 Å². The topological polar surface area (TPSA) is 134 Å². The number of anilines is 3. The number of para-hydroxylation sites is 1. The summed E-state index contributed by atoms with van der Waals surface area (Å²) in [6, 6.07) is 7.98. The Morgan fingerprint density at radius 2 is 2.03 bits per heavy atom. The molecule has 0 amide bonds. The fourth-order valence-electron chi connectivity index (χ4n) is 2.51. The van der Waals surface area contributed by atoms with Gasteiger partial charge in [-0.1, -0.05) is 10.7 Å². The number of aryl methyl sites for hydroxylation is 1. The second kappa shape index (κ2) is 8.01. The normalized spacial score (nSPS) is 11.6. The number of hydrogen-bond acceptors (Lipinski definition) is 9. The Labute approximate surface area is 167 Å². The van der Waals surface area contributed by atoms with Gasteiger partial charge in [0.15, 0.2) is 5.75 Å². The van der Waals surface area contributed by atoms with Crippen LogP contribution in [0.4, 0.5) is 17.3 Å². The lowest BCUT2D eigenvalue weighted by Crippen LogP contribution is -2.41. The predicted molar refractivity (Wildman–Crippen MR) is 102 cm³/mol. The van der Waals surface area contributed by atoms with E-state index in [1.54, 1.807) is 0 Å². The van der Waals surface area contributed by atoms with Gasteiger partial charge in [-0.15, -0.1) is 0 Å². The van der Waals surface area contributed by atoms with Gasteiger partial charge in [0.25, 0.3) is 0 Å². The van der Waals surface area contributed by atoms with Crippen LogP contribution in [0.1, 0.15) is 11.5 Å². The van der Waals surface area contributed by atoms with Crippen LogP contribution in [-0.2, 0) is 16.6 Å². The summed E-state index contributed by atoms with van der Waals surface area (Å²) in [7, 11) is 0.316. The van der Waals surface area contributed by atoms with Crippen LogP contribution < -0.4 is 20.4 Å². The molecule has 1 aromatic carbocycles. The van der Waals surface area contributed by atoms with Crippen molar-refractivity contribution in [2.75, 3.05) is 31.8 Å². The van der Waals surface area contributed by atoms with Gasteiger partial charge in [0.1, 0.15) is 40.1 Å². The van der Waals surface area contributed by atoms with Gasteiger partial charge >= 0.3 is 11.6 Å². The van der Waals surface area contributed by atoms with E-state index in [4.69, 9.17) is 13.9 Å². The van der Waals surface area contributed by atoms with Crippen LogP contribution in [0.2, 0.25) is 0 Å². The summed E-state index contributed by atoms with van der Waals surface area (Å²) in [4.78, 5) is 5.87. The van der Waals surface area contributed by atoms with Crippen molar-refractivity contribution in [3.8, 4) is 5.75 Å². The van der Waals surface area contributed by atoms with Gasteiger partial charge in [-0.3, -0.25) is 5.32 Å². The molecule has 11 nitrogen and oxygen atoms in total. The third-order valence-electron chi connectivity index (χ3n) is 4.02. The van der Waals surface area contributed by atoms with E-state index in [2.05, 4.69) is 15.8 Å². The second-order valence-corrected chi connectivity index (χ2v) is 8.36. The number of phenolic OH excluding ortho intramolecular Hbond substituents is 1. The third-order valence-corrected chi connectivity index (χ3v) is 5.86. The Kier molecular flexibility index (Phi) is 5.66. The molecule has 0 aliphatic heterocycles. The van der Waals surface area contributed by atoms with Gasteiger partial charge in [-0.2, -0.15) is 0 Å². The van der Waals surface area contributed by atoms with Gasteiger partial charge in [0, 0.05) is 14.1 Å². The molecule has 0 atom stereocenters. The van der Waals surface area contributed by atoms with E-state index < -0.39 is 15.8 Å².